The number of pyridine rings is 1. The summed E-state index contributed by atoms with van der Waals surface area (Å²) in [4.78, 5) is 20.4. The summed E-state index contributed by atoms with van der Waals surface area (Å²) in [7, 11) is 0. The highest BCUT2D eigenvalue weighted by atomic mass is 32.2. The van der Waals surface area contributed by atoms with Crippen LogP contribution in [-0.2, 0) is 24.3 Å². The van der Waals surface area contributed by atoms with Crippen molar-refractivity contribution < 1.29 is 9.21 Å². The van der Waals surface area contributed by atoms with Gasteiger partial charge >= 0.3 is 0 Å². The quantitative estimate of drug-likeness (QED) is 0.700. The molecule has 25 heavy (non-hydrogen) atoms. The van der Waals surface area contributed by atoms with E-state index < -0.39 is 0 Å². The predicted molar refractivity (Wildman–Crippen MR) is 97.0 cm³/mol. The van der Waals surface area contributed by atoms with Crippen LogP contribution in [0.4, 0.5) is 0 Å². The fourth-order valence-corrected chi connectivity index (χ4v) is 4.32. The topological polar surface area (TPSA) is 46.3 Å². The number of carbonyl (C=O) groups excluding carboxylic acids is 1. The number of carbonyl (C=O) groups is 1. The Morgan fingerprint density at radius 2 is 2.08 bits per heavy atom. The molecule has 0 aliphatic carbocycles. The van der Waals surface area contributed by atoms with Gasteiger partial charge in [0.15, 0.2) is 0 Å². The summed E-state index contributed by atoms with van der Waals surface area (Å²) in [5.74, 6) is 0.930. The predicted octanol–water partition coefficient (Wildman–Crippen LogP) is 3.92. The van der Waals surface area contributed by atoms with Gasteiger partial charge in [0, 0.05) is 23.8 Å². The van der Waals surface area contributed by atoms with Gasteiger partial charge in [-0.25, -0.2) is 0 Å². The molecular formula is C20H18N2O2S. The van der Waals surface area contributed by atoms with Crippen LogP contribution in [0.1, 0.15) is 16.9 Å². The Hall–Kier alpha value is -2.53. The van der Waals surface area contributed by atoms with Gasteiger partial charge in [-0.1, -0.05) is 24.3 Å². The number of nitrogens with zero attached hydrogens (tertiary/aromatic N) is 2. The third kappa shape index (κ3) is 3.61. The Labute approximate surface area is 150 Å². The third-order valence-corrected chi connectivity index (χ3v) is 5.56. The Bertz CT molecular complexity index is 824. The van der Waals surface area contributed by atoms with Crippen molar-refractivity contribution in [2.75, 3.05) is 0 Å². The fraction of sp³-hybridized carbons (Fsp3) is 0.200. The van der Waals surface area contributed by atoms with Gasteiger partial charge in [0.1, 0.15) is 5.76 Å². The average Bonchev–Trinajstić information content (AvgIpc) is 3.30. The van der Waals surface area contributed by atoms with Gasteiger partial charge in [-0.15, -0.1) is 11.8 Å². The van der Waals surface area contributed by atoms with E-state index in [0.717, 1.165) is 17.7 Å². The smallest absolute Gasteiger partial charge is 0.237 e. The number of aromatic nitrogens is 1. The van der Waals surface area contributed by atoms with Crippen molar-refractivity contribution in [3.63, 3.8) is 0 Å². The van der Waals surface area contributed by atoms with Gasteiger partial charge in [0.05, 0.1) is 18.1 Å². The molecule has 126 valence electrons. The second-order valence-electron chi connectivity index (χ2n) is 6.05. The van der Waals surface area contributed by atoms with Crippen LogP contribution >= 0.6 is 11.8 Å². The van der Waals surface area contributed by atoms with Gasteiger partial charge < -0.3 is 9.32 Å². The van der Waals surface area contributed by atoms with E-state index in [9.17, 15) is 4.79 Å². The van der Waals surface area contributed by atoms with Crippen LogP contribution in [0.25, 0.3) is 0 Å². The lowest BCUT2D eigenvalue weighted by Crippen LogP contribution is -2.36. The number of thioether (sulfide) groups is 1. The molecule has 0 spiro atoms. The molecule has 3 heterocycles. The lowest BCUT2D eigenvalue weighted by molar-refractivity contribution is -0.132. The molecule has 0 saturated carbocycles. The number of hydrogen-bond acceptors (Lipinski definition) is 4. The lowest BCUT2D eigenvalue weighted by atomic mass is 10.1. The molecule has 1 aliphatic rings. The van der Waals surface area contributed by atoms with E-state index in [4.69, 9.17) is 4.42 Å². The van der Waals surface area contributed by atoms with E-state index >= 15 is 0 Å². The number of fused-ring (bicyclic) bond motifs is 1. The second-order valence-corrected chi connectivity index (χ2v) is 7.30. The fourth-order valence-electron chi connectivity index (χ4n) is 3.04. The first-order valence-electron chi connectivity index (χ1n) is 8.24. The Balaban J connectivity index is 1.54. The Morgan fingerprint density at radius 1 is 1.16 bits per heavy atom. The number of rotatable bonds is 5. The molecule has 4 rings (SSSR count). The van der Waals surface area contributed by atoms with Crippen LogP contribution in [0.5, 0.6) is 0 Å². The minimum Gasteiger partial charge on any atom is -0.467 e. The second kappa shape index (κ2) is 7.15. The first kappa shape index (κ1) is 16.0. The third-order valence-electron chi connectivity index (χ3n) is 4.26. The van der Waals surface area contributed by atoms with Crippen LogP contribution in [0.2, 0.25) is 0 Å². The van der Waals surface area contributed by atoms with Gasteiger partial charge in [0.25, 0.3) is 0 Å². The maximum absolute atomic E-state index is 13.2. The maximum atomic E-state index is 13.2. The first-order valence-corrected chi connectivity index (χ1v) is 9.12. The van der Waals surface area contributed by atoms with Gasteiger partial charge in [-0.05, 0) is 41.8 Å². The molecule has 1 aliphatic heterocycles. The summed E-state index contributed by atoms with van der Waals surface area (Å²) in [6, 6.07) is 15.9. The van der Waals surface area contributed by atoms with Crippen molar-refractivity contribution in [1.82, 2.24) is 9.88 Å². The molecule has 1 aromatic carbocycles. The van der Waals surface area contributed by atoms with E-state index in [1.54, 1.807) is 30.4 Å². The first-order chi connectivity index (χ1) is 12.3. The minimum absolute atomic E-state index is 0.0796. The summed E-state index contributed by atoms with van der Waals surface area (Å²) >= 11 is 1.66. The van der Waals surface area contributed by atoms with Crippen molar-refractivity contribution in [2.24, 2.45) is 0 Å². The lowest BCUT2D eigenvalue weighted by Gasteiger charge is -2.24. The molecule has 0 fully saturated rings. The molecule has 3 aromatic rings. The zero-order valence-electron chi connectivity index (χ0n) is 13.7. The molecule has 0 N–H and O–H groups in total. The molecule has 1 amide bonds. The van der Waals surface area contributed by atoms with Gasteiger partial charge in [-0.2, -0.15) is 0 Å². The summed E-state index contributed by atoms with van der Waals surface area (Å²) in [6.45, 7) is 0.995. The van der Waals surface area contributed by atoms with Gasteiger partial charge in [-0.3, -0.25) is 9.78 Å². The molecule has 2 aromatic heterocycles. The zero-order chi connectivity index (χ0) is 17.1. The highest BCUT2D eigenvalue weighted by molar-refractivity contribution is 8.01. The van der Waals surface area contributed by atoms with Crippen molar-refractivity contribution in [3.8, 4) is 0 Å². The van der Waals surface area contributed by atoms with Crippen LogP contribution in [0.3, 0.4) is 0 Å². The summed E-state index contributed by atoms with van der Waals surface area (Å²) < 4.78 is 5.46. The minimum atomic E-state index is -0.0796. The maximum Gasteiger partial charge on any atom is 0.237 e. The molecule has 1 atom stereocenters. The summed E-state index contributed by atoms with van der Waals surface area (Å²) in [6.07, 6.45) is 5.97. The molecular weight excluding hydrogens is 332 g/mol. The number of furan rings is 1. The van der Waals surface area contributed by atoms with E-state index in [0.29, 0.717) is 13.1 Å². The largest absolute Gasteiger partial charge is 0.467 e. The van der Waals surface area contributed by atoms with Crippen LogP contribution in [0.15, 0.2) is 76.5 Å². The Morgan fingerprint density at radius 3 is 2.84 bits per heavy atom. The van der Waals surface area contributed by atoms with Gasteiger partial charge in [0.2, 0.25) is 5.91 Å². The van der Waals surface area contributed by atoms with E-state index in [2.05, 4.69) is 17.1 Å². The highest BCUT2D eigenvalue weighted by Gasteiger charge is 2.31. The van der Waals surface area contributed by atoms with Crippen LogP contribution in [-0.4, -0.2) is 21.0 Å². The average molecular weight is 350 g/mol. The number of benzene rings is 1. The monoisotopic (exact) mass is 350 g/mol. The molecule has 4 nitrogen and oxygen atoms in total. The van der Waals surface area contributed by atoms with Crippen molar-refractivity contribution in [2.45, 2.75) is 29.7 Å². The molecule has 0 saturated heterocycles. The van der Waals surface area contributed by atoms with E-state index in [1.807, 2.05) is 41.3 Å². The van der Waals surface area contributed by atoms with E-state index in [1.165, 1.54) is 10.5 Å². The molecule has 0 bridgehead atoms. The van der Waals surface area contributed by atoms with Crippen molar-refractivity contribution >= 4 is 17.7 Å². The summed E-state index contributed by atoms with van der Waals surface area (Å²) in [5.41, 5.74) is 2.27. The zero-order valence-corrected chi connectivity index (χ0v) is 14.5. The number of amides is 1. The van der Waals surface area contributed by atoms with Crippen LogP contribution < -0.4 is 0 Å². The SMILES string of the molecule is O=C(C1Cc2ccccc2S1)N(Cc1cccnc1)Cc1ccco1. The highest BCUT2D eigenvalue weighted by Crippen LogP contribution is 2.38. The normalized spacial score (nSPS) is 15.8. The van der Waals surface area contributed by atoms with Crippen molar-refractivity contribution in [1.29, 1.82) is 0 Å². The van der Waals surface area contributed by atoms with Crippen molar-refractivity contribution in [3.05, 3.63) is 84.1 Å². The summed E-state index contributed by atoms with van der Waals surface area (Å²) in [5, 5.41) is -0.0796. The molecule has 5 heteroatoms. The van der Waals surface area contributed by atoms with Crippen LogP contribution in [0, 0.1) is 0 Å². The Kier molecular flexibility index (Phi) is 4.57. The number of hydrogen-bond donors (Lipinski definition) is 0. The molecule has 0 radical (unpaired) electrons. The molecule has 1 unspecified atom stereocenters. The standard InChI is InChI=1S/C20H18N2O2S/c23-20(19-11-16-6-1-2-8-18(16)25-19)22(14-17-7-4-10-24-17)13-15-5-3-9-21-12-15/h1-10,12,19H,11,13-14H2. The van der Waals surface area contributed by atoms with E-state index in [-0.39, 0.29) is 11.2 Å².